The van der Waals surface area contributed by atoms with Crippen molar-refractivity contribution >= 4 is 23.4 Å². The van der Waals surface area contributed by atoms with Crippen LogP contribution in [0.3, 0.4) is 0 Å². The lowest BCUT2D eigenvalue weighted by molar-refractivity contribution is -0.119. The molecule has 1 aliphatic heterocycles. The molecule has 31 heavy (non-hydrogen) atoms. The zero-order valence-corrected chi connectivity index (χ0v) is 17.6. The van der Waals surface area contributed by atoms with Gasteiger partial charge in [0.15, 0.2) is 5.78 Å². The number of rotatable bonds is 3. The number of nitrogens with two attached hydrogens (primary N) is 1. The van der Waals surface area contributed by atoms with Crippen LogP contribution >= 0.6 is 11.6 Å². The number of nitriles is 1. The SMILES string of the molecule is CC1(C)CC(=O)C2=C(C1)OC(N)=C(C#N)C2c1ccc(-c2ccc(Cl)c(C(=O)O)c2)o1. The van der Waals surface area contributed by atoms with Crippen LogP contribution in [0.1, 0.15) is 48.7 Å². The quantitative estimate of drug-likeness (QED) is 0.707. The Labute approximate surface area is 183 Å². The maximum atomic E-state index is 13.0. The summed E-state index contributed by atoms with van der Waals surface area (Å²) in [6, 6.07) is 9.87. The Bertz CT molecular complexity index is 1230. The molecule has 0 fully saturated rings. The van der Waals surface area contributed by atoms with E-state index in [4.69, 9.17) is 26.5 Å². The summed E-state index contributed by atoms with van der Waals surface area (Å²) >= 11 is 5.95. The first-order valence-corrected chi connectivity index (χ1v) is 9.96. The van der Waals surface area contributed by atoms with E-state index in [1.807, 2.05) is 19.9 Å². The standard InChI is InChI=1S/C23H19ClN2O5/c1-23(2)8-15(27)20-18(9-23)31-21(26)13(10-25)19(20)17-6-5-16(30-17)11-3-4-14(24)12(7-11)22(28)29/h3-7,19H,8-9,26H2,1-2H3,(H,28,29). The minimum Gasteiger partial charge on any atom is -0.478 e. The zero-order chi connectivity index (χ0) is 22.5. The molecule has 0 spiro atoms. The van der Waals surface area contributed by atoms with Crippen molar-refractivity contribution in [2.24, 2.45) is 11.1 Å². The van der Waals surface area contributed by atoms with Crippen LogP contribution in [0.2, 0.25) is 5.02 Å². The number of carbonyl (C=O) groups is 2. The molecule has 0 radical (unpaired) electrons. The van der Waals surface area contributed by atoms with Gasteiger partial charge in [0, 0.05) is 24.0 Å². The molecule has 1 aliphatic carbocycles. The van der Waals surface area contributed by atoms with E-state index < -0.39 is 11.9 Å². The Kier molecular flexibility index (Phi) is 4.91. The number of carbonyl (C=O) groups excluding carboxylic acids is 1. The summed E-state index contributed by atoms with van der Waals surface area (Å²) in [5.74, 6) is -0.913. The summed E-state index contributed by atoms with van der Waals surface area (Å²) in [5, 5.41) is 19.1. The van der Waals surface area contributed by atoms with Gasteiger partial charge in [-0.15, -0.1) is 0 Å². The van der Waals surface area contributed by atoms with E-state index >= 15 is 0 Å². The molecule has 0 saturated heterocycles. The van der Waals surface area contributed by atoms with Gasteiger partial charge in [-0.3, -0.25) is 4.79 Å². The van der Waals surface area contributed by atoms with Crippen LogP contribution in [-0.2, 0) is 9.53 Å². The van der Waals surface area contributed by atoms with Gasteiger partial charge in [-0.1, -0.05) is 25.4 Å². The number of nitrogens with zero attached hydrogens (tertiary/aromatic N) is 1. The minimum atomic E-state index is -1.16. The number of ether oxygens (including phenoxy) is 1. The van der Waals surface area contributed by atoms with Gasteiger partial charge < -0.3 is 20.0 Å². The summed E-state index contributed by atoms with van der Waals surface area (Å²) in [6.07, 6.45) is 0.827. The van der Waals surface area contributed by atoms with Crippen LogP contribution in [0.15, 0.2) is 57.5 Å². The Morgan fingerprint density at radius 2 is 2.03 bits per heavy atom. The molecule has 4 rings (SSSR count). The van der Waals surface area contributed by atoms with Gasteiger partial charge in [0.1, 0.15) is 28.9 Å². The molecular formula is C23H19ClN2O5. The van der Waals surface area contributed by atoms with Crippen LogP contribution in [0.5, 0.6) is 0 Å². The average molecular weight is 439 g/mol. The maximum absolute atomic E-state index is 13.0. The molecule has 8 heteroatoms. The second-order valence-corrected chi connectivity index (χ2v) is 8.81. The van der Waals surface area contributed by atoms with Crippen molar-refractivity contribution in [1.82, 2.24) is 0 Å². The van der Waals surface area contributed by atoms with Crippen LogP contribution in [0, 0.1) is 16.7 Å². The van der Waals surface area contributed by atoms with Gasteiger partial charge >= 0.3 is 5.97 Å². The second-order valence-electron chi connectivity index (χ2n) is 8.40. The Balaban J connectivity index is 1.81. The van der Waals surface area contributed by atoms with Gasteiger partial charge in [-0.05, 0) is 35.7 Å². The monoisotopic (exact) mass is 438 g/mol. The number of ketones is 1. The molecule has 2 aromatic rings. The third-order valence-corrected chi connectivity index (χ3v) is 5.80. The molecule has 0 amide bonds. The highest BCUT2D eigenvalue weighted by Crippen LogP contribution is 2.48. The number of carboxylic acids is 1. The lowest BCUT2D eigenvalue weighted by Gasteiger charge is -2.36. The molecular weight excluding hydrogens is 420 g/mol. The van der Waals surface area contributed by atoms with Gasteiger partial charge in [-0.25, -0.2) is 4.79 Å². The van der Waals surface area contributed by atoms with Crippen molar-refractivity contribution in [3.63, 3.8) is 0 Å². The van der Waals surface area contributed by atoms with E-state index in [1.54, 1.807) is 18.2 Å². The molecule has 1 atom stereocenters. The number of furan rings is 1. The minimum absolute atomic E-state index is 0.0469. The number of halogens is 1. The molecule has 1 aromatic heterocycles. The number of hydrogen-bond acceptors (Lipinski definition) is 6. The lowest BCUT2D eigenvalue weighted by Crippen LogP contribution is -2.33. The highest BCUT2D eigenvalue weighted by atomic mass is 35.5. The van der Waals surface area contributed by atoms with Crippen LogP contribution in [0.25, 0.3) is 11.3 Å². The number of aromatic carboxylic acids is 1. The third kappa shape index (κ3) is 3.60. The van der Waals surface area contributed by atoms with E-state index in [2.05, 4.69) is 0 Å². The fourth-order valence-corrected chi connectivity index (χ4v) is 4.27. The first-order chi connectivity index (χ1) is 14.6. The van der Waals surface area contributed by atoms with Gasteiger partial charge in [0.25, 0.3) is 0 Å². The van der Waals surface area contributed by atoms with E-state index in [9.17, 15) is 20.0 Å². The fraction of sp³-hybridized carbons (Fsp3) is 0.261. The molecule has 3 N–H and O–H groups in total. The predicted molar refractivity (Wildman–Crippen MR) is 112 cm³/mol. The van der Waals surface area contributed by atoms with Crippen molar-refractivity contribution in [2.45, 2.75) is 32.6 Å². The predicted octanol–water partition coefficient (Wildman–Crippen LogP) is 4.75. The number of benzene rings is 1. The maximum Gasteiger partial charge on any atom is 0.337 e. The summed E-state index contributed by atoms with van der Waals surface area (Å²) in [7, 11) is 0. The Morgan fingerprint density at radius 1 is 1.29 bits per heavy atom. The van der Waals surface area contributed by atoms with Crippen molar-refractivity contribution in [3.8, 4) is 17.4 Å². The fourth-order valence-electron chi connectivity index (χ4n) is 4.07. The molecule has 1 unspecified atom stereocenters. The summed E-state index contributed by atoms with van der Waals surface area (Å²) in [4.78, 5) is 24.4. The molecule has 0 saturated carbocycles. The molecule has 1 aromatic carbocycles. The van der Waals surface area contributed by atoms with Gasteiger partial charge in [0.2, 0.25) is 5.88 Å². The highest BCUT2D eigenvalue weighted by Gasteiger charge is 2.44. The largest absolute Gasteiger partial charge is 0.478 e. The van der Waals surface area contributed by atoms with Crippen molar-refractivity contribution in [2.75, 3.05) is 0 Å². The lowest BCUT2D eigenvalue weighted by atomic mass is 9.71. The molecule has 0 bridgehead atoms. The van der Waals surface area contributed by atoms with Crippen molar-refractivity contribution in [1.29, 1.82) is 5.26 Å². The average Bonchev–Trinajstić information content (AvgIpc) is 3.15. The van der Waals surface area contributed by atoms with Crippen molar-refractivity contribution < 1.29 is 23.8 Å². The first-order valence-electron chi connectivity index (χ1n) is 9.58. The molecule has 7 nitrogen and oxygen atoms in total. The first kappa shape index (κ1) is 20.8. The summed E-state index contributed by atoms with van der Waals surface area (Å²) < 4.78 is 11.7. The smallest absolute Gasteiger partial charge is 0.337 e. The van der Waals surface area contributed by atoms with E-state index in [0.717, 1.165) is 0 Å². The van der Waals surface area contributed by atoms with Crippen LogP contribution < -0.4 is 5.73 Å². The molecule has 2 aliphatic rings. The van der Waals surface area contributed by atoms with E-state index in [-0.39, 0.29) is 33.2 Å². The van der Waals surface area contributed by atoms with Gasteiger partial charge in [-0.2, -0.15) is 5.26 Å². The Morgan fingerprint density at radius 3 is 2.71 bits per heavy atom. The molecule has 158 valence electrons. The second kappa shape index (κ2) is 7.33. The topological polar surface area (TPSA) is 127 Å². The summed E-state index contributed by atoms with van der Waals surface area (Å²) in [5.41, 5.74) is 6.67. The normalized spacial score (nSPS) is 20.2. The van der Waals surface area contributed by atoms with E-state index in [1.165, 1.54) is 12.1 Å². The van der Waals surface area contributed by atoms with Gasteiger partial charge in [0.05, 0.1) is 16.5 Å². The Hall–Kier alpha value is -3.50. The summed E-state index contributed by atoms with van der Waals surface area (Å²) in [6.45, 7) is 3.94. The number of carboxylic acid groups (broad SMARTS) is 1. The number of Topliss-reactive ketones (excluding diaryl/α,β-unsaturated/α-hetero) is 1. The third-order valence-electron chi connectivity index (χ3n) is 5.47. The highest BCUT2D eigenvalue weighted by molar-refractivity contribution is 6.33. The van der Waals surface area contributed by atoms with Crippen LogP contribution in [0.4, 0.5) is 0 Å². The molecule has 2 heterocycles. The number of allylic oxidation sites excluding steroid dienone is 3. The zero-order valence-electron chi connectivity index (χ0n) is 16.9. The van der Waals surface area contributed by atoms with E-state index in [0.29, 0.717) is 41.3 Å². The number of hydrogen-bond donors (Lipinski definition) is 2. The van der Waals surface area contributed by atoms with Crippen LogP contribution in [-0.4, -0.2) is 16.9 Å². The van der Waals surface area contributed by atoms with Crippen molar-refractivity contribution in [3.05, 3.63) is 69.5 Å².